The summed E-state index contributed by atoms with van der Waals surface area (Å²) in [5.74, 6) is 0.530. The first-order valence-electron chi connectivity index (χ1n) is 5.56. The van der Waals surface area contributed by atoms with Crippen molar-refractivity contribution in [3.05, 3.63) is 41.2 Å². The van der Waals surface area contributed by atoms with Crippen molar-refractivity contribution >= 4 is 5.57 Å². The summed E-state index contributed by atoms with van der Waals surface area (Å²) in [6.07, 6.45) is 8.24. The highest BCUT2D eigenvalue weighted by Gasteiger charge is 2.09. The summed E-state index contributed by atoms with van der Waals surface area (Å²) < 4.78 is 5.16. The number of nitrogens with zero attached hydrogens (tertiary/aromatic N) is 2. The maximum Gasteiger partial charge on any atom is 0.182 e. The van der Waals surface area contributed by atoms with Crippen LogP contribution in [-0.4, -0.2) is 12.1 Å². The van der Waals surface area contributed by atoms with Crippen molar-refractivity contribution in [3.63, 3.8) is 0 Å². The minimum absolute atomic E-state index is 0.327. The molecular weight excluding hydrogens is 212 g/mol. The molecule has 1 aromatic rings. The fourth-order valence-electron chi connectivity index (χ4n) is 1.90. The number of hydrogen-bond acceptors (Lipinski definition) is 3. The summed E-state index contributed by atoms with van der Waals surface area (Å²) in [7, 11) is 1.55. The molecule has 0 N–H and O–H groups in total. The van der Waals surface area contributed by atoms with E-state index in [1.807, 2.05) is 12.1 Å². The fraction of sp³-hybridized carbons (Fsp3) is 0.286. The Morgan fingerprint density at radius 3 is 2.94 bits per heavy atom. The molecule has 1 aliphatic rings. The average Bonchev–Trinajstić information content (AvgIpc) is 2.38. The van der Waals surface area contributed by atoms with Crippen LogP contribution in [0, 0.1) is 11.3 Å². The van der Waals surface area contributed by atoms with Gasteiger partial charge in [-0.25, -0.2) is 4.98 Å². The van der Waals surface area contributed by atoms with Crippen molar-refractivity contribution in [1.82, 2.24) is 4.98 Å². The molecule has 1 aliphatic carbocycles. The summed E-state index contributed by atoms with van der Waals surface area (Å²) in [6, 6.07) is 3.88. The van der Waals surface area contributed by atoms with E-state index in [-0.39, 0.29) is 0 Å². The minimum Gasteiger partial charge on any atom is -0.494 e. The lowest BCUT2D eigenvalue weighted by Gasteiger charge is -2.12. The Labute approximate surface area is 101 Å². The molecule has 3 heteroatoms. The van der Waals surface area contributed by atoms with Crippen LogP contribution in [0.2, 0.25) is 0 Å². The molecule has 0 amide bonds. The van der Waals surface area contributed by atoms with Crippen LogP contribution in [0.4, 0.5) is 0 Å². The molecule has 0 unspecified atom stereocenters. The van der Waals surface area contributed by atoms with Crippen molar-refractivity contribution in [3.8, 4) is 11.8 Å². The number of pyridine rings is 1. The number of hydrogen-bond donors (Lipinski definition) is 0. The molecule has 0 spiro atoms. The normalized spacial score (nSPS) is 14.6. The van der Waals surface area contributed by atoms with Gasteiger partial charge in [-0.05, 0) is 31.4 Å². The van der Waals surface area contributed by atoms with E-state index in [1.165, 1.54) is 5.57 Å². The first kappa shape index (κ1) is 11.4. The number of ether oxygens (including phenoxy) is 1. The van der Waals surface area contributed by atoms with Crippen molar-refractivity contribution in [1.29, 1.82) is 5.26 Å². The number of rotatable bonds is 2. The van der Waals surface area contributed by atoms with E-state index in [0.29, 0.717) is 11.4 Å². The van der Waals surface area contributed by atoms with Crippen LogP contribution in [0.15, 0.2) is 30.0 Å². The molecule has 17 heavy (non-hydrogen) atoms. The van der Waals surface area contributed by atoms with Crippen LogP contribution in [-0.2, 0) is 0 Å². The third-order valence-electron chi connectivity index (χ3n) is 2.82. The third kappa shape index (κ3) is 2.36. The van der Waals surface area contributed by atoms with Crippen LogP contribution in [0.3, 0.4) is 0 Å². The molecule has 1 heterocycles. The van der Waals surface area contributed by atoms with Crippen molar-refractivity contribution in [2.75, 3.05) is 7.11 Å². The molecule has 0 aliphatic heterocycles. The summed E-state index contributed by atoms with van der Waals surface area (Å²) in [5, 5.41) is 8.87. The van der Waals surface area contributed by atoms with Gasteiger partial charge in [0, 0.05) is 11.8 Å². The molecule has 0 atom stereocenters. The topological polar surface area (TPSA) is 45.9 Å². The van der Waals surface area contributed by atoms with E-state index in [0.717, 1.165) is 24.0 Å². The maximum absolute atomic E-state index is 8.87. The molecule has 0 aromatic carbocycles. The van der Waals surface area contributed by atoms with E-state index in [2.05, 4.69) is 24.1 Å². The lowest BCUT2D eigenvalue weighted by molar-refractivity contribution is 0.411. The van der Waals surface area contributed by atoms with Gasteiger partial charge in [-0.2, -0.15) is 5.26 Å². The minimum atomic E-state index is 0.327. The molecule has 86 valence electrons. The van der Waals surface area contributed by atoms with Crippen molar-refractivity contribution in [2.45, 2.75) is 19.8 Å². The van der Waals surface area contributed by atoms with Crippen LogP contribution in [0.1, 0.15) is 31.0 Å². The first-order chi connectivity index (χ1) is 8.24. The van der Waals surface area contributed by atoms with Gasteiger partial charge in [-0.3, -0.25) is 0 Å². The molecule has 2 rings (SSSR count). The van der Waals surface area contributed by atoms with Crippen molar-refractivity contribution in [2.24, 2.45) is 0 Å². The molecule has 3 nitrogen and oxygen atoms in total. The Morgan fingerprint density at radius 1 is 1.47 bits per heavy atom. The third-order valence-corrected chi connectivity index (χ3v) is 2.82. The Hall–Kier alpha value is -2.08. The predicted octanol–water partition coefficient (Wildman–Crippen LogP) is 3.09. The van der Waals surface area contributed by atoms with Crippen LogP contribution >= 0.6 is 0 Å². The van der Waals surface area contributed by atoms with E-state index in [4.69, 9.17) is 10.00 Å². The van der Waals surface area contributed by atoms with Gasteiger partial charge in [-0.15, -0.1) is 0 Å². The van der Waals surface area contributed by atoms with E-state index < -0.39 is 0 Å². The number of aromatic nitrogens is 1. The summed E-state index contributed by atoms with van der Waals surface area (Å²) in [5.41, 5.74) is 3.85. The molecule has 1 aromatic heterocycles. The van der Waals surface area contributed by atoms with Gasteiger partial charge in [-0.1, -0.05) is 17.7 Å². The molecule has 0 bridgehead atoms. The molecule has 0 fully saturated rings. The van der Waals surface area contributed by atoms with Crippen LogP contribution < -0.4 is 4.74 Å². The number of methoxy groups -OCH3 is 1. The molecule has 0 saturated carbocycles. The monoisotopic (exact) mass is 226 g/mol. The maximum atomic E-state index is 8.87. The van der Waals surface area contributed by atoms with Gasteiger partial charge >= 0.3 is 0 Å². The zero-order valence-corrected chi connectivity index (χ0v) is 10.0. The van der Waals surface area contributed by atoms with Crippen LogP contribution in [0.5, 0.6) is 5.75 Å². The fourth-order valence-corrected chi connectivity index (χ4v) is 1.90. The van der Waals surface area contributed by atoms with Gasteiger partial charge in [0.05, 0.1) is 7.11 Å². The zero-order chi connectivity index (χ0) is 12.3. The summed E-state index contributed by atoms with van der Waals surface area (Å²) in [4.78, 5) is 4.11. The Morgan fingerprint density at radius 2 is 2.29 bits per heavy atom. The van der Waals surface area contributed by atoms with E-state index in [9.17, 15) is 0 Å². The smallest absolute Gasteiger partial charge is 0.182 e. The van der Waals surface area contributed by atoms with Crippen molar-refractivity contribution < 1.29 is 4.74 Å². The Balaban J connectivity index is 2.41. The lowest BCUT2D eigenvalue weighted by atomic mass is 9.96. The molecular formula is C14H14N2O. The lowest BCUT2D eigenvalue weighted by Crippen LogP contribution is -1.95. The number of allylic oxidation sites excluding steroid dienone is 4. The number of nitriles is 1. The second-order valence-electron chi connectivity index (χ2n) is 4.08. The largest absolute Gasteiger partial charge is 0.494 e. The second kappa shape index (κ2) is 4.84. The highest BCUT2D eigenvalue weighted by atomic mass is 16.5. The van der Waals surface area contributed by atoms with Gasteiger partial charge in [0.2, 0.25) is 0 Å². The van der Waals surface area contributed by atoms with Gasteiger partial charge in [0.1, 0.15) is 6.07 Å². The quantitative estimate of drug-likeness (QED) is 0.778. The Kier molecular flexibility index (Phi) is 3.24. The van der Waals surface area contributed by atoms with Crippen LogP contribution in [0.25, 0.3) is 5.57 Å². The standard InChI is InChI=1S/C14H14N2O/c1-10-4-3-5-11(6-10)12-7-14(17-2)13(8-15)16-9-12/h5-7,9H,3-4H2,1-2H3. The van der Waals surface area contributed by atoms with Gasteiger partial charge in [0.25, 0.3) is 0 Å². The molecule has 0 saturated heterocycles. The van der Waals surface area contributed by atoms with Gasteiger partial charge < -0.3 is 4.74 Å². The summed E-state index contributed by atoms with van der Waals surface area (Å²) in [6.45, 7) is 2.13. The second-order valence-corrected chi connectivity index (χ2v) is 4.08. The van der Waals surface area contributed by atoms with Gasteiger partial charge in [0.15, 0.2) is 11.4 Å². The van der Waals surface area contributed by atoms with E-state index >= 15 is 0 Å². The SMILES string of the molecule is COc1cc(C2=CCCC(C)=C2)cnc1C#N. The average molecular weight is 226 g/mol. The van der Waals surface area contributed by atoms with E-state index in [1.54, 1.807) is 13.3 Å². The predicted molar refractivity (Wildman–Crippen MR) is 66.5 cm³/mol. The highest BCUT2D eigenvalue weighted by molar-refractivity contribution is 5.76. The highest BCUT2D eigenvalue weighted by Crippen LogP contribution is 2.27. The summed E-state index contributed by atoms with van der Waals surface area (Å²) >= 11 is 0. The first-order valence-corrected chi connectivity index (χ1v) is 5.56. The zero-order valence-electron chi connectivity index (χ0n) is 10.0. The molecule has 0 radical (unpaired) electrons. The Bertz CT molecular complexity index is 536.